The normalized spacial score (nSPS) is 27.5. The predicted octanol–water partition coefficient (Wildman–Crippen LogP) is 1.40. The fourth-order valence-electron chi connectivity index (χ4n) is 6.24. The number of carboxylic acid groups (broad SMARTS) is 1. The number of aliphatic hydroxyl groups is 1. The second-order valence-corrected chi connectivity index (χ2v) is 15.7. The number of nitrogens with one attached hydrogen (secondary N) is 2. The summed E-state index contributed by atoms with van der Waals surface area (Å²) < 4.78 is 53.7. The average molecular weight is 916 g/mol. The number of carbonyl (C=O) groups is 7. The maximum Gasteiger partial charge on any atom is 0.364 e. The number of hydrogen-bond donors (Lipinski definition) is 4. The van der Waals surface area contributed by atoms with E-state index in [9.17, 15) is 43.8 Å². The predicted molar refractivity (Wildman–Crippen MR) is 201 cm³/mol. The summed E-state index contributed by atoms with van der Waals surface area (Å²) in [7, 11) is 0. The Kier molecular flexibility index (Phi) is 18.3. The summed E-state index contributed by atoms with van der Waals surface area (Å²) in [6.07, 6.45) is -18.3. The fraction of sp³-hybridized carbons (Fsp3) is 0.611. The van der Waals surface area contributed by atoms with Gasteiger partial charge in [-0.05, 0) is 5.56 Å². The van der Waals surface area contributed by atoms with Crippen LogP contribution in [-0.2, 0) is 87.5 Å². The van der Waals surface area contributed by atoms with E-state index in [0.717, 1.165) is 41.5 Å². The highest BCUT2D eigenvalue weighted by Gasteiger charge is 2.62. The van der Waals surface area contributed by atoms with Crippen LogP contribution in [0.15, 0.2) is 30.3 Å². The Morgan fingerprint density at radius 2 is 1.50 bits per heavy atom. The van der Waals surface area contributed by atoms with Crippen molar-refractivity contribution in [3.8, 4) is 0 Å². The van der Waals surface area contributed by atoms with Gasteiger partial charge in [0, 0.05) is 41.5 Å². The summed E-state index contributed by atoms with van der Waals surface area (Å²) in [5, 5.41) is 33.3. The first-order chi connectivity index (χ1) is 27.9. The van der Waals surface area contributed by atoms with Crippen LogP contribution in [0.5, 0.6) is 0 Å². The topological polar surface area (TPSA) is 288 Å². The number of hydrogen-bond acceptors (Lipinski definition) is 19. The number of carbonyl (C=O) groups excluding carboxylic acids is 6. The highest BCUT2D eigenvalue weighted by molar-refractivity contribution is 6.76. The summed E-state index contributed by atoms with van der Waals surface area (Å²) in [5.41, 5.74) is 0.691. The molecule has 21 nitrogen and oxygen atoms in total. The van der Waals surface area contributed by atoms with E-state index >= 15 is 0 Å². The van der Waals surface area contributed by atoms with E-state index < -0.39 is 138 Å². The van der Waals surface area contributed by atoms with Gasteiger partial charge in [0.05, 0.1) is 25.7 Å². The second-order valence-electron chi connectivity index (χ2n) is 13.4. The zero-order chi connectivity index (χ0) is 45.1. The second kappa shape index (κ2) is 22.0. The molecule has 2 aliphatic heterocycles. The number of halogens is 3. The zero-order valence-corrected chi connectivity index (χ0v) is 35.2. The van der Waals surface area contributed by atoms with Crippen LogP contribution in [0.1, 0.15) is 53.5 Å². The van der Waals surface area contributed by atoms with Gasteiger partial charge in [-0.15, -0.1) is 0 Å². The van der Waals surface area contributed by atoms with Crippen molar-refractivity contribution in [1.82, 2.24) is 5.32 Å². The zero-order valence-electron chi connectivity index (χ0n) is 33.0. The van der Waals surface area contributed by atoms with Crippen molar-refractivity contribution in [1.29, 1.82) is 5.41 Å². The van der Waals surface area contributed by atoms with E-state index in [1.165, 1.54) is 0 Å². The molecule has 2 heterocycles. The summed E-state index contributed by atoms with van der Waals surface area (Å²) in [6, 6.07) is 7.08. The molecule has 4 N–H and O–H groups in total. The molecule has 1 aromatic carbocycles. The lowest BCUT2D eigenvalue weighted by atomic mass is 9.87. The van der Waals surface area contributed by atoms with Gasteiger partial charge in [0.25, 0.3) is 9.58 Å². The molecular formula is C36H45Cl3N2O19. The molecule has 1 aromatic rings. The first-order valence-corrected chi connectivity index (χ1v) is 19.0. The van der Waals surface area contributed by atoms with Crippen molar-refractivity contribution < 1.29 is 91.1 Å². The minimum Gasteiger partial charge on any atom is -0.477 e. The van der Waals surface area contributed by atoms with Crippen molar-refractivity contribution in [2.45, 2.75) is 125 Å². The van der Waals surface area contributed by atoms with E-state index in [4.69, 9.17) is 87.6 Å². The number of alkyl halides is 3. The molecule has 60 heavy (non-hydrogen) atoms. The number of carboxylic acids is 1. The van der Waals surface area contributed by atoms with Crippen LogP contribution in [0.25, 0.3) is 0 Å². The van der Waals surface area contributed by atoms with Gasteiger partial charge in [0.1, 0.15) is 37.1 Å². The maximum absolute atomic E-state index is 13.6. The number of rotatable bonds is 17. The molecule has 1 amide bonds. The first-order valence-electron chi connectivity index (χ1n) is 17.9. The standard InChI is InChI=1S/C36H45Cl3N2O19/c1-16(42)41-26-23(53-18(3)44)12-35(34(49)50,59-30(26)28(55-20(5)46)25(54-19(4)45)15-52-17(2)43)60-31-27(48)32(58-33(40)36(37,38)39)57-24(29(31)56-21(6)47)14-51-13-22-10-8-7-9-11-22/h7-11,23-32,40,48H,12-15H2,1-6H3,(H,41,42)(H,49,50)/t23-,24+,25+,26+,27+,28+,29-,30+,31+,32-,35-/m0/s1. The fourth-order valence-corrected chi connectivity index (χ4v) is 6.37. The van der Waals surface area contributed by atoms with Gasteiger partial charge >= 0.3 is 35.8 Å². The molecule has 0 spiro atoms. The number of benzene rings is 1. The van der Waals surface area contributed by atoms with E-state index in [1.807, 2.05) is 0 Å². The number of amides is 1. The van der Waals surface area contributed by atoms with Crippen LogP contribution in [-0.4, -0.2) is 142 Å². The number of aliphatic carboxylic acids is 1. The van der Waals surface area contributed by atoms with Crippen LogP contribution in [0, 0.1) is 5.41 Å². The largest absolute Gasteiger partial charge is 0.477 e. The number of esters is 5. The van der Waals surface area contributed by atoms with Gasteiger partial charge in [-0.3, -0.25) is 34.2 Å². The van der Waals surface area contributed by atoms with Crippen LogP contribution in [0.3, 0.4) is 0 Å². The Balaban J connectivity index is 2.27. The van der Waals surface area contributed by atoms with Crippen LogP contribution < -0.4 is 5.32 Å². The molecule has 2 fully saturated rings. The SMILES string of the molecule is CC(=O)N[C@H]1[C@H]([C@H](OC(C)=O)[C@@H](COC(C)=O)OC(C)=O)O[C@@](O[C@@H]2[C@@H](O)[C@H](OC(=N)C(Cl)(Cl)Cl)O[C@H](COCc3ccccc3)[C@@H]2OC(C)=O)(C(=O)O)C[C@@H]1OC(C)=O. The molecule has 0 aliphatic carbocycles. The van der Waals surface area contributed by atoms with Crippen LogP contribution >= 0.6 is 34.8 Å². The van der Waals surface area contributed by atoms with Crippen LogP contribution in [0.2, 0.25) is 0 Å². The van der Waals surface area contributed by atoms with Crippen molar-refractivity contribution in [3.63, 3.8) is 0 Å². The molecule has 3 rings (SSSR count). The lowest BCUT2D eigenvalue weighted by Gasteiger charge is -2.51. The molecule has 2 aliphatic rings. The molecule has 0 saturated carbocycles. The Hall–Kier alpha value is -4.35. The smallest absolute Gasteiger partial charge is 0.364 e. The molecule has 0 radical (unpaired) electrons. The van der Waals surface area contributed by atoms with Gasteiger partial charge in [-0.2, -0.15) is 0 Å². The third-order valence-electron chi connectivity index (χ3n) is 8.45. The number of aliphatic hydroxyl groups excluding tert-OH is 1. The van der Waals surface area contributed by atoms with Gasteiger partial charge in [0.15, 0.2) is 18.3 Å². The van der Waals surface area contributed by atoms with Gasteiger partial charge < -0.3 is 62.9 Å². The van der Waals surface area contributed by atoms with Crippen molar-refractivity contribution in [2.75, 3.05) is 13.2 Å². The molecule has 0 aromatic heterocycles. The lowest BCUT2D eigenvalue weighted by Crippen LogP contribution is -2.71. The Labute approximate surface area is 357 Å². The highest BCUT2D eigenvalue weighted by atomic mass is 35.6. The quantitative estimate of drug-likeness (QED) is 0.0565. The molecular weight excluding hydrogens is 871 g/mol. The van der Waals surface area contributed by atoms with E-state index in [2.05, 4.69) is 5.32 Å². The number of ether oxygens (including phenoxy) is 10. The van der Waals surface area contributed by atoms with Gasteiger partial charge in [-0.1, -0.05) is 65.1 Å². The minimum atomic E-state index is -3.16. The Morgan fingerprint density at radius 1 is 0.883 bits per heavy atom. The molecule has 0 bridgehead atoms. The molecule has 334 valence electrons. The Morgan fingerprint density at radius 3 is 2.02 bits per heavy atom. The summed E-state index contributed by atoms with van der Waals surface area (Å²) in [6.45, 7) is 4.52. The van der Waals surface area contributed by atoms with Crippen molar-refractivity contribution in [3.05, 3.63) is 35.9 Å². The monoisotopic (exact) mass is 914 g/mol. The molecule has 2 saturated heterocycles. The summed E-state index contributed by atoms with van der Waals surface area (Å²) >= 11 is 17.5. The Bertz CT molecular complexity index is 1730. The van der Waals surface area contributed by atoms with E-state index in [-0.39, 0.29) is 6.61 Å². The van der Waals surface area contributed by atoms with E-state index in [1.54, 1.807) is 30.3 Å². The summed E-state index contributed by atoms with van der Waals surface area (Å²) in [5.74, 6) is -12.0. The maximum atomic E-state index is 13.6. The minimum absolute atomic E-state index is 0.0378. The van der Waals surface area contributed by atoms with Crippen LogP contribution in [0.4, 0.5) is 0 Å². The highest BCUT2D eigenvalue weighted by Crippen LogP contribution is 2.40. The summed E-state index contributed by atoms with van der Waals surface area (Å²) in [4.78, 5) is 88.1. The average Bonchev–Trinajstić information content (AvgIpc) is 3.12. The van der Waals surface area contributed by atoms with Gasteiger partial charge in [0.2, 0.25) is 18.1 Å². The first kappa shape index (κ1) is 50.0. The molecule has 0 unspecified atom stereocenters. The van der Waals surface area contributed by atoms with E-state index in [0.29, 0.717) is 5.56 Å². The lowest BCUT2D eigenvalue weighted by molar-refractivity contribution is -0.365. The third kappa shape index (κ3) is 14.4. The van der Waals surface area contributed by atoms with Gasteiger partial charge in [-0.25, -0.2) is 4.79 Å². The third-order valence-corrected chi connectivity index (χ3v) is 8.97. The van der Waals surface area contributed by atoms with Crippen molar-refractivity contribution >= 4 is 82.4 Å². The van der Waals surface area contributed by atoms with Crippen molar-refractivity contribution in [2.24, 2.45) is 0 Å². The molecule has 24 heteroatoms. The molecule has 11 atom stereocenters.